The van der Waals surface area contributed by atoms with Crippen LogP contribution in [0.4, 0.5) is 0 Å². The second kappa shape index (κ2) is 4.94. The third-order valence-corrected chi connectivity index (χ3v) is 4.83. The molecule has 1 fully saturated rings. The highest BCUT2D eigenvalue weighted by Crippen LogP contribution is 2.42. The molecule has 1 N–H and O–H groups in total. The molecule has 1 aromatic rings. The van der Waals surface area contributed by atoms with E-state index in [1.807, 2.05) is 0 Å². The fourth-order valence-electron chi connectivity index (χ4n) is 3.44. The predicted octanol–water partition coefficient (Wildman–Crippen LogP) is 2.83. The molecule has 0 aromatic heterocycles. The molecular weight excluding hydrogens is 338 g/mol. The van der Waals surface area contributed by atoms with E-state index >= 15 is 0 Å². The van der Waals surface area contributed by atoms with Crippen LogP contribution in [0.25, 0.3) is 0 Å². The maximum absolute atomic E-state index is 12.6. The fourth-order valence-corrected chi connectivity index (χ4v) is 3.80. The highest BCUT2D eigenvalue weighted by atomic mass is 79.9. The molecule has 1 aliphatic heterocycles. The number of hydrogen-bond acceptors (Lipinski definition) is 3. The summed E-state index contributed by atoms with van der Waals surface area (Å²) in [7, 11) is 0. The molecule has 1 aliphatic carbocycles. The maximum atomic E-state index is 12.6. The number of carbonyl (C=O) groups excluding carboxylic acids is 2. The number of carbonyl (C=O) groups is 3. The van der Waals surface area contributed by atoms with Crippen LogP contribution in [0, 0.1) is 0 Å². The number of carboxylic acids is 1. The van der Waals surface area contributed by atoms with Crippen LogP contribution in [0.5, 0.6) is 0 Å². The van der Waals surface area contributed by atoms with E-state index in [0.717, 1.165) is 17.3 Å². The molecule has 0 bridgehead atoms. The monoisotopic (exact) mass is 351 g/mol. The summed E-state index contributed by atoms with van der Waals surface area (Å²) in [5.74, 6) is -1.72. The predicted molar refractivity (Wildman–Crippen MR) is 78.1 cm³/mol. The fraction of sp³-hybridized carbons (Fsp3) is 0.400. The molecular formula is C15H14BrNO4. The Hall–Kier alpha value is -1.69. The Bertz CT molecular complexity index is 649. The Morgan fingerprint density at radius 3 is 2.43 bits per heavy atom. The first-order valence-corrected chi connectivity index (χ1v) is 7.64. The summed E-state index contributed by atoms with van der Waals surface area (Å²) in [5.41, 5.74) is -0.156. The van der Waals surface area contributed by atoms with E-state index in [2.05, 4.69) is 15.9 Å². The van der Waals surface area contributed by atoms with Crippen LogP contribution in [-0.4, -0.2) is 33.3 Å². The lowest BCUT2D eigenvalue weighted by Crippen LogP contribution is -2.51. The Morgan fingerprint density at radius 1 is 1.19 bits per heavy atom. The zero-order chi connectivity index (χ0) is 15.2. The molecule has 2 amide bonds. The van der Waals surface area contributed by atoms with Crippen molar-refractivity contribution in [3.63, 3.8) is 0 Å². The summed E-state index contributed by atoms with van der Waals surface area (Å²) < 4.78 is 0.725. The number of amides is 2. The van der Waals surface area contributed by atoms with Crippen molar-refractivity contribution in [2.75, 3.05) is 0 Å². The third-order valence-electron chi connectivity index (χ3n) is 4.34. The van der Waals surface area contributed by atoms with E-state index in [4.69, 9.17) is 0 Å². The van der Waals surface area contributed by atoms with Gasteiger partial charge in [-0.1, -0.05) is 28.8 Å². The average molecular weight is 352 g/mol. The van der Waals surface area contributed by atoms with E-state index < -0.39 is 11.5 Å². The number of carboxylic acid groups (broad SMARTS) is 1. The van der Waals surface area contributed by atoms with Crippen LogP contribution in [0.2, 0.25) is 0 Å². The van der Waals surface area contributed by atoms with E-state index in [1.165, 1.54) is 4.90 Å². The first-order valence-electron chi connectivity index (χ1n) is 6.85. The van der Waals surface area contributed by atoms with Crippen molar-refractivity contribution in [1.82, 2.24) is 4.90 Å². The molecule has 0 radical (unpaired) electrons. The first-order chi connectivity index (χ1) is 9.94. The van der Waals surface area contributed by atoms with Crippen molar-refractivity contribution in [2.24, 2.45) is 0 Å². The standard InChI is InChI=1S/C15H14BrNO4/c16-9-3-4-10-11(7-9)14(21)17(13(10)20)15(8-12(18)19)5-1-2-6-15/h3-4,7H,1-2,5-6,8H2,(H,18,19). The second-order valence-electron chi connectivity index (χ2n) is 5.64. The van der Waals surface area contributed by atoms with Crippen LogP contribution >= 0.6 is 15.9 Å². The van der Waals surface area contributed by atoms with Gasteiger partial charge in [0.2, 0.25) is 0 Å². The summed E-state index contributed by atoms with van der Waals surface area (Å²) in [5, 5.41) is 9.18. The van der Waals surface area contributed by atoms with Crippen LogP contribution in [0.3, 0.4) is 0 Å². The molecule has 0 unspecified atom stereocenters. The number of hydrogen-bond donors (Lipinski definition) is 1. The average Bonchev–Trinajstić information content (AvgIpc) is 2.94. The summed E-state index contributed by atoms with van der Waals surface area (Å²) in [6.45, 7) is 0. The zero-order valence-electron chi connectivity index (χ0n) is 11.3. The molecule has 2 aliphatic rings. The number of fused-ring (bicyclic) bond motifs is 1. The Labute approximate surface area is 130 Å². The molecule has 3 rings (SSSR count). The topological polar surface area (TPSA) is 74.7 Å². The van der Waals surface area contributed by atoms with Gasteiger partial charge in [0.15, 0.2) is 0 Å². The molecule has 5 nitrogen and oxygen atoms in total. The van der Waals surface area contributed by atoms with Crippen LogP contribution < -0.4 is 0 Å². The van der Waals surface area contributed by atoms with Gasteiger partial charge in [-0.05, 0) is 31.0 Å². The lowest BCUT2D eigenvalue weighted by Gasteiger charge is -2.36. The largest absolute Gasteiger partial charge is 0.481 e. The molecule has 1 saturated carbocycles. The minimum absolute atomic E-state index is 0.181. The van der Waals surface area contributed by atoms with Crippen LogP contribution in [-0.2, 0) is 4.79 Å². The molecule has 1 heterocycles. The number of rotatable bonds is 3. The van der Waals surface area contributed by atoms with Crippen LogP contribution in [0.15, 0.2) is 22.7 Å². The number of imide groups is 1. The lowest BCUT2D eigenvalue weighted by molar-refractivity contribution is -0.139. The van der Waals surface area contributed by atoms with Gasteiger partial charge in [-0.3, -0.25) is 19.3 Å². The number of nitrogens with zero attached hydrogens (tertiary/aromatic N) is 1. The number of benzene rings is 1. The minimum Gasteiger partial charge on any atom is -0.481 e. The molecule has 1 aromatic carbocycles. The smallest absolute Gasteiger partial charge is 0.305 e. The SMILES string of the molecule is O=C(O)CC1(N2C(=O)c3ccc(Br)cc3C2=O)CCCC1. The van der Waals surface area contributed by atoms with Gasteiger partial charge >= 0.3 is 5.97 Å². The maximum Gasteiger partial charge on any atom is 0.305 e. The van der Waals surface area contributed by atoms with Gasteiger partial charge < -0.3 is 5.11 Å². The van der Waals surface area contributed by atoms with Gasteiger partial charge in [0, 0.05) is 4.47 Å². The molecule has 21 heavy (non-hydrogen) atoms. The van der Waals surface area contributed by atoms with Crippen molar-refractivity contribution >= 4 is 33.7 Å². The highest BCUT2D eigenvalue weighted by Gasteiger charge is 2.51. The minimum atomic E-state index is -0.977. The zero-order valence-corrected chi connectivity index (χ0v) is 12.9. The van der Waals surface area contributed by atoms with Crippen molar-refractivity contribution in [3.8, 4) is 0 Å². The Morgan fingerprint density at radius 2 is 1.81 bits per heavy atom. The third kappa shape index (κ3) is 2.18. The second-order valence-corrected chi connectivity index (χ2v) is 6.55. The van der Waals surface area contributed by atoms with E-state index in [1.54, 1.807) is 18.2 Å². The molecule has 6 heteroatoms. The van der Waals surface area contributed by atoms with Crippen molar-refractivity contribution in [2.45, 2.75) is 37.6 Å². The van der Waals surface area contributed by atoms with Gasteiger partial charge in [0.1, 0.15) is 0 Å². The normalized spacial score (nSPS) is 20.0. The quantitative estimate of drug-likeness (QED) is 0.849. The summed E-state index contributed by atoms with van der Waals surface area (Å²) in [6, 6.07) is 4.95. The first kappa shape index (κ1) is 14.3. The van der Waals surface area contributed by atoms with E-state index in [-0.39, 0.29) is 18.2 Å². The lowest BCUT2D eigenvalue weighted by atomic mass is 9.91. The number of halogens is 1. The van der Waals surface area contributed by atoms with E-state index in [9.17, 15) is 19.5 Å². The summed E-state index contributed by atoms with van der Waals surface area (Å²) >= 11 is 3.29. The highest BCUT2D eigenvalue weighted by molar-refractivity contribution is 9.10. The van der Waals surface area contributed by atoms with Gasteiger partial charge in [-0.2, -0.15) is 0 Å². The molecule has 110 valence electrons. The Balaban J connectivity index is 2.05. The van der Waals surface area contributed by atoms with Gasteiger partial charge in [0.05, 0.1) is 23.1 Å². The van der Waals surface area contributed by atoms with Gasteiger partial charge in [0.25, 0.3) is 11.8 Å². The van der Waals surface area contributed by atoms with Gasteiger partial charge in [-0.15, -0.1) is 0 Å². The van der Waals surface area contributed by atoms with Crippen molar-refractivity contribution < 1.29 is 19.5 Å². The Kier molecular flexibility index (Phi) is 3.36. The summed E-state index contributed by atoms with van der Waals surface area (Å²) in [4.78, 5) is 37.6. The molecule has 0 spiro atoms. The van der Waals surface area contributed by atoms with E-state index in [0.29, 0.717) is 24.0 Å². The van der Waals surface area contributed by atoms with Crippen molar-refractivity contribution in [1.29, 1.82) is 0 Å². The number of aliphatic carboxylic acids is 1. The molecule has 0 atom stereocenters. The van der Waals surface area contributed by atoms with Crippen LogP contribution in [0.1, 0.15) is 52.8 Å². The van der Waals surface area contributed by atoms with Crippen molar-refractivity contribution in [3.05, 3.63) is 33.8 Å². The van der Waals surface area contributed by atoms with Gasteiger partial charge in [-0.25, -0.2) is 0 Å². The summed E-state index contributed by atoms with van der Waals surface area (Å²) in [6.07, 6.45) is 2.62. The molecule has 0 saturated heterocycles.